The van der Waals surface area contributed by atoms with Crippen LogP contribution in [0.4, 0.5) is 0 Å². The molecule has 25 heavy (non-hydrogen) atoms. The summed E-state index contributed by atoms with van der Waals surface area (Å²) in [4.78, 5) is 14.4. The Morgan fingerprint density at radius 1 is 1.08 bits per heavy atom. The number of amides is 1. The summed E-state index contributed by atoms with van der Waals surface area (Å²) in [6.07, 6.45) is 0. The molecule has 0 spiro atoms. The van der Waals surface area contributed by atoms with Crippen molar-refractivity contribution in [3.05, 3.63) is 65.7 Å². The van der Waals surface area contributed by atoms with Gasteiger partial charge in [-0.15, -0.1) is 0 Å². The SMILES string of the molecule is Cc1ccc(OCCN(C)[C@@H](C)C(=O)N[C@H](C)c2ccccc2)cc1. The smallest absolute Gasteiger partial charge is 0.237 e. The maximum absolute atomic E-state index is 12.4. The predicted molar refractivity (Wildman–Crippen MR) is 102 cm³/mol. The zero-order valence-electron chi connectivity index (χ0n) is 15.5. The summed E-state index contributed by atoms with van der Waals surface area (Å²) >= 11 is 0. The second-order valence-corrected chi connectivity index (χ2v) is 6.46. The largest absolute Gasteiger partial charge is 0.492 e. The predicted octanol–water partition coefficient (Wildman–Crippen LogP) is 3.57. The van der Waals surface area contributed by atoms with Crippen LogP contribution in [0.5, 0.6) is 5.75 Å². The number of aryl methyl sites for hydroxylation is 1. The van der Waals surface area contributed by atoms with Crippen molar-refractivity contribution < 1.29 is 9.53 Å². The lowest BCUT2D eigenvalue weighted by Gasteiger charge is -2.25. The molecule has 0 bridgehead atoms. The minimum absolute atomic E-state index is 0.00615. The number of carbonyl (C=O) groups excluding carboxylic acids is 1. The average molecular weight is 340 g/mol. The van der Waals surface area contributed by atoms with Crippen molar-refractivity contribution >= 4 is 5.91 Å². The normalized spacial score (nSPS) is 13.3. The molecule has 0 saturated heterocycles. The fourth-order valence-corrected chi connectivity index (χ4v) is 2.49. The van der Waals surface area contributed by atoms with Crippen LogP contribution >= 0.6 is 0 Å². The second kappa shape index (κ2) is 9.23. The van der Waals surface area contributed by atoms with Crippen molar-refractivity contribution in [2.45, 2.75) is 32.9 Å². The third kappa shape index (κ3) is 5.91. The first-order chi connectivity index (χ1) is 12.0. The molecule has 0 aliphatic carbocycles. The number of hydrogen-bond acceptors (Lipinski definition) is 3. The van der Waals surface area contributed by atoms with Gasteiger partial charge in [-0.25, -0.2) is 0 Å². The van der Waals surface area contributed by atoms with Gasteiger partial charge in [0.2, 0.25) is 5.91 Å². The van der Waals surface area contributed by atoms with E-state index in [1.165, 1.54) is 5.56 Å². The highest BCUT2D eigenvalue weighted by molar-refractivity contribution is 5.81. The van der Waals surface area contributed by atoms with E-state index in [4.69, 9.17) is 4.74 Å². The van der Waals surface area contributed by atoms with Gasteiger partial charge in [0.15, 0.2) is 0 Å². The summed E-state index contributed by atoms with van der Waals surface area (Å²) in [5, 5.41) is 3.07. The number of rotatable bonds is 8. The number of nitrogens with zero attached hydrogens (tertiary/aromatic N) is 1. The molecular weight excluding hydrogens is 312 g/mol. The Hall–Kier alpha value is -2.33. The molecule has 2 atom stereocenters. The van der Waals surface area contributed by atoms with Crippen molar-refractivity contribution in [1.29, 1.82) is 0 Å². The molecule has 2 aromatic rings. The van der Waals surface area contributed by atoms with E-state index in [1.807, 2.05) is 87.3 Å². The Bertz CT molecular complexity index is 655. The van der Waals surface area contributed by atoms with E-state index < -0.39 is 0 Å². The Morgan fingerprint density at radius 3 is 2.36 bits per heavy atom. The number of carbonyl (C=O) groups is 1. The van der Waals surface area contributed by atoms with E-state index in [-0.39, 0.29) is 18.0 Å². The fraction of sp³-hybridized carbons (Fsp3) is 0.381. The lowest BCUT2D eigenvalue weighted by Crippen LogP contribution is -2.45. The first-order valence-electron chi connectivity index (χ1n) is 8.72. The lowest BCUT2D eigenvalue weighted by atomic mass is 10.1. The van der Waals surface area contributed by atoms with Crippen LogP contribution in [0.15, 0.2) is 54.6 Å². The topological polar surface area (TPSA) is 41.6 Å². The maximum atomic E-state index is 12.4. The second-order valence-electron chi connectivity index (χ2n) is 6.46. The fourth-order valence-electron chi connectivity index (χ4n) is 2.49. The van der Waals surface area contributed by atoms with Crippen LogP contribution in [0.25, 0.3) is 0 Å². The van der Waals surface area contributed by atoms with Crippen LogP contribution in [0.3, 0.4) is 0 Å². The molecule has 0 fully saturated rings. The first kappa shape index (κ1) is 19.0. The summed E-state index contributed by atoms with van der Waals surface area (Å²) in [5.74, 6) is 0.878. The third-order valence-corrected chi connectivity index (χ3v) is 4.43. The highest BCUT2D eigenvalue weighted by atomic mass is 16.5. The van der Waals surface area contributed by atoms with Gasteiger partial charge in [0.25, 0.3) is 0 Å². The van der Waals surface area contributed by atoms with Gasteiger partial charge in [0.1, 0.15) is 12.4 Å². The highest BCUT2D eigenvalue weighted by Crippen LogP contribution is 2.13. The van der Waals surface area contributed by atoms with Crippen molar-refractivity contribution in [1.82, 2.24) is 10.2 Å². The summed E-state index contributed by atoms with van der Waals surface area (Å²) in [7, 11) is 1.94. The van der Waals surface area contributed by atoms with Crippen molar-refractivity contribution in [2.24, 2.45) is 0 Å². The van der Waals surface area contributed by atoms with Gasteiger partial charge in [-0.05, 0) is 45.5 Å². The van der Waals surface area contributed by atoms with Crippen molar-refractivity contribution in [3.63, 3.8) is 0 Å². The molecule has 1 amide bonds. The van der Waals surface area contributed by atoms with E-state index >= 15 is 0 Å². The molecule has 0 saturated carbocycles. The summed E-state index contributed by atoms with van der Waals surface area (Å²) in [5.41, 5.74) is 2.32. The molecule has 134 valence electrons. The minimum atomic E-state index is -0.215. The van der Waals surface area contributed by atoms with E-state index in [0.717, 1.165) is 11.3 Å². The van der Waals surface area contributed by atoms with Gasteiger partial charge in [0.05, 0.1) is 12.1 Å². The van der Waals surface area contributed by atoms with Crippen LogP contribution in [-0.4, -0.2) is 37.0 Å². The zero-order valence-corrected chi connectivity index (χ0v) is 15.5. The molecule has 0 unspecified atom stereocenters. The van der Waals surface area contributed by atoms with Crippen LogP contribution in [0.1, 0.15) is 31.0 Å². The van der Waals surface area contributed by atoms with Crippen LogP contribution < -0.4 is 10.1 Å². The van der Waals surface area contributed by atoms with Gasteiger partial charge in [-0.2, -0.15) is 0 Å². The number of nitrogens with one attached hydrogen (secondary N) is 1. The summed E-state index contributed by atoms with van der Waals surface area (Å²) in [6.45, 7) is 7.20. The van der Waals surface area contributed by atoms with Gasteiger partial charge < -0.3 is 10.1 Å². The highest BCUT2D eigenvalue weighted by Gasteiger charge is 2.19. The number of ether oxygens (including phenoxy) is 1. The molecule has 0 aromatic heterocycles. The Labute approximate surface area is 150 Å². The van der Waals surface area contributed by atoms with E-state index in [2.05, 4.69) is 5.32 Å². The Balaban J connectivity index is 1.77. The lowest BCUT2D eigenvalue weighted by molar-refractivity contribution is -0.126. The van der Waals surface area contributed by atoms with E-state index in [1.54, 1.807) is 0 Å². The van der Waals surface area contributed by atoms with Gasteiger partial charge in [0, 0.05) is 6.54 Å². The van der Waals surface area contributed by atoms with Crippen molar-refractivity contribution in [3.8, 4) is 5.75 Å². The molecule has 0 heterocycles. The maximum Gasteiger partial charge on any atom is 0.237 e. The number of likely N-dealkylation sites (N-methyl/N-ethyl adjacent to an activating group) is 1. The van der Waals surface area contributed by atoms with Crippen LogP contribution in [0, 0.1) is 6.92 Å². The van der Waals surface area contributed by atoms with E-state index in [0.29, 0.717) is 13.2 Å². The van der Waals surface area contributed by atoms with Crippen LogP contribution in [0.2, 0.25) is 0 Å². The summed E-state index contributed by atoms with van der Waals surface area (Å²) in [6, 6.07) is 17.7. The molecule has 0 aliphatic rings. The average Bonchev–Trinajstić information content (AvgIpc) is 2.63. The number of hydrogen-bond donors (Lipinski definition) is 1. The Morgan fingerprint density at radius 2 is 1.72 bits per heavy atom. The standard InChI is InChI=1S/C21H28N2O2/c1-16-10-12-20(13-11-16)25-15-14-23(4)18(3)21(24)22-17(2)19-8-6-5-7-9-19/h5-13,17-18H,14-15H2,1-4H3,(H,22,24)/t17-,18+/m1/s1. The molecule has 2 aromatic carbocycles. The van der Waals surface area contributed by atoms with Gasteiger partial charge in [-0.3, -0.25) is 9.69 Å². The molecule has 0 aliphatic heterocycles. The zero-order chi connectivity index (χ0) is 18.2. The van der Waals surface area contributed by atoms with Crippen LogP contribution in [-0.2, 0) is 4.79 Å². The Kier molecular flexibility index (Phi) is 7.02. The monoisotopic (exact) mass is 340 g/mol. The van der Waals surface area contributed by atoms with E-state index in [9.17, 15) is 4.79 Å². The molecule has 2 rings (SSSR count). The van der Waals surface area contributed by atoms with Gasteiger partial charge >= 0.3 is 0 Å². The molecular formula is C21H28N2O2. The summed E-state index contributed by atoms with van der Waals surface area (Å²) < 4.78 is 5.74. The molecule has 0 radical (unpaired) electrons. The first-order valence-corrected chi connectivity index (χ1v) is 8.72. The molecule has 4 nitrogen and oxygen atoms in total. The van der Waals surface area contributed by atoms with Gasteiger partial charge in [-0.1, -0.05) is 48.0 Å². The molecule has 4 heteroatoms. The number of benzene rings is 2. The third-order valence-electron chi connectivity index (χ3n) is 4.43. The minimum Gasteiger partial charge on any atom is -0.492 e. The molecule has 1 N–H and O–H groups in total. The quantitative estimate of drug-likeness (QED) is 0.799. The van der Waals surface area contributed by atoms with Crippen molar-refractivity contribution in [2.75, 3.05) is 20.2 Å².